The number of aryl methyl sites for hydroxylation is 1. The standard InChI is InChI=1S/C19H25N3O5S2/c23-19(6-9-20-8-5-16-3-1-2-4-18(16)20)21-10-12-22(13-11-21)29(26,27)17-7-14-28(24,25)15-17/h1-5,8,17H,6-7,9-15H2. The molecule has 2 fully saturated rings. The Morgan fingerprint density at radius 1 is 1.07 bits per heavy atom. The lowest BCUT2D eigenvalue weighted by atomic mass is 10.2. The molecular weight excluding hydrogens is 414 g/mol. The minimum absolute atomic E-state index is 0.00303. The third-order valence-corrected chi connectivity index (χ3v) is 10.1. The minimum atomic E-state index is -3.64. The van der Waals surface area contributed by atoms with Gasteiger partial charge in [0.2, 0.25) is 15.9 Å². The Labute approximate surface area is 171 Å². The van der Waals surface area contributed by atoms with Gasteiger partial charge in [0.25, 0.3) is 0 Å². The van der Waals surface area contributed by atoms with Crippen LogP contribution in [0, 0.1) is 0 Å². The van der Waals surface area contributed by atoms with E-state index in [1.54, 1.807) is 4.90 Å². The van der Waals surface area contributed by atoms with E-state index in [4.69, 9.17) is 0 Å². The van der Waals surface area contributed by atoms with Crippen LogP contribution in [0.2, 0.25) is 0 Å². The molecule has 158 valence electrons. The van der Waals surface area contributed by atoms with E-state index in [-0.39, 0.29) is 36.9 Å². The van der Waals surface area contributed by atoms with Gasteiger partial charge < -0.3 is 9.47 Å². The van der Waals surface area contributed by atoms with Crippen LogP contribution in [0.3, 0.4) is 0 Å². The fourth-order valence-corrected chi connectivity index (χ4v) is 8.62. The molecule has 2 aliphatic rings. The van der Waals surface area contributed by atoms with Gasteiger partial charge in [-0.3, -0.25) is 4.79 Å². The van der Waals surface area contributed by atoms with Crippen molar-refractivity contribution in [3.8, 4) is 0 Å². The number of carbonyl (C=O) groups excluding carboxylic acids is 1. The van der Waals surface area contributed by atoms with Crippen molar-refractivity contribution in [2.75, 3.05) is 37.7 Å². The summed E-state index contributed by atoms with van der Waals surface area (Å²) in [6.45, 7) is 1.69. The lowest BCUT2D eigenvalue weighted by Gasteiger charge is -2.35. The van der Waals surface area contributed by atoms with Crippen molar-refractivity contribution in [1.82, 2.24) is 13.8 Å². The van der Waals surface area contributed by atoms with Crippen LogP contribution in [0.5, 0.6) is 0 Å². The monoisotopic (exact) mass is 439 g/mol. The number of nitrogens with zero attached hydrogens (tertiary/aromatic N) is 3. The number of sulfonamides is 1. The molecule has 0 bridgehead atoms. The molecule has 2 aliphatic heterocycles. The summed E-state index contributed by atoms with van der Waals surface area (Å²) in [7, 11) is -6.90. The highest BCUT2D eigenvalue weighted by molar-refractivity contribution is 7.95. The first-order valence-electron chi connectivity index (χ1n) is 9.77. The molecule has 1 unspecified atom stereocenters. The van der Waals surface area contributed by atoms with Crippen LogP contribution in [0.1, 0.15) is 12.8 Å². The number of hydrogen-bond donors (Lipinski definition) is 0. The lowest BCUT2D eigenvalue weighted by molar-refractivity contribution is -0.132. The van der Waals surface area contributed by atoms with E-state index in [1.165, 1.54) is 4.31 Å². The maximum Gasteiger partial charge on any atom is 0.224 e. The highest BCUT2D eigenvalue weighted by atomic mass is 32.2. The SMILES string of the molecule is O=C(CCn1ccc2ccccc21)N1CCN(S(=O)(=O)C2CCS(=O)(=O)C2)CC1. The second-order valence-corrected chi connectivity index (χ2v) is 12.1. The van der Waals surface area contributed by atoms with Crippen molar-refractivity contribution >= 4 is 36.7 Å². The topological polar surface area (TPSA) is 96.8 Å². The number of fused-ring (bicyclic) bond motifs is 1. The Kier molecular flexibility index (Phi) is 5.43. The third-order valence-electron chi connectivity index (χ3n) is 5.81. The number of aromatic nitrogens is 1. The van der Waals surface area contributed by atoms with Crippen molar-refractivity contribution in [3.63, 3.8) is 0 Å². The zero-order valence-corrected chi connectivity index (χ0v) is 17.7. The number of benzene rings is 1. The van der Waals surface area contributed by atoms with Crippen molar-refractivity contribution in [2.45, 2.75) is 24.6 Å². The van der Waals surface area contributed by atoms with Crippen LogP contribution in [0.25, 0.3) is 10.9 Å². The zero-order valence-electron chi connectivity index (χ0n) is 16.1. The molecule has 1 atom stereocenters. The number of hydrogen-bond acceptors (Lipinski definition) is 5. The molecular formula is C19H25N3O5S2. The average molecular weight is 440 g/mol. The second kappa shape index (κ2) is 7.73. The van der Waals surface area contributed by atoms with Crippen LogP contribution in [-0.2, 0) is 31.2 Å². The van der Waals surface area contributed by atoms with Gasteiger partial charge in [-0.25, -0.2) is 16.8 Å². The van der Waals surface area contributed by atoms with E-state index in [1.807, 2.05) is 36.5 Å². The van der Waals surface area contributed by atoms with Crippen LogP contribution in [0.15, 0.2) is 36.5 Å². The smallest absolute Gasteiger partial charge is 0.224 e. The highest BCUT2D eigenvalue weighted by Crippen LogP contribution is 2.23. The normalized spacial score (nSPS) is 22.9. The van der Waals surface area contributed by atoms with Gasteiger partial charge in [0.15, 0.2) is 9.84 Å². The Balaban J connectivity index is 1.32. The number of para-hydroxylation sites is 1. The minimum Gasteiger partial charge on any atom is -0.347 e. The summed E-state index contributed by atoms with van der Waals surface area (Å²) in [6, 6.07) is 10.0. The largest absolute Gasteiger partial charge is 0.347 e. The van der Waals surface area contributed by atoms with Crippen molar-refractivity contribution in [3.05, 3.63) is 36.5 Å². The molecule has 1 aromatic heterocycles. The summed E-state index contributed by atoms with van der Waals surface area (Å²) in [4.78, 5) is 14.3. The molecule has 0 N–H and O–H groups in total. The lowest BCUT2D eigenvalue weighted by Crippen LogP contribution is -2.52. The van der Waals surface area contributed by atoms with E-state index < -0.39 is 25.1 Å². The zero-order chi connectivity index (χ0) is 20.6. The molecule has 10 heteroatoms. The Hall–Kier alpha value is -1.91. The van der Waals surface area contributed by atoms with Crippen molar-refractivity contribution in [2.24, 2.45) is 0 Å². The van der Waals surface area contributed by atoms with Crippen LogP contribution in [0.4, 0.5) is 0 Å². The fraction of sp³-hybridized carbons (Fsp3) is 0.526. The third kappa shape index (κ3) is 4.19. The van der Waals surface area contributed by atoms with Crippen molar-refractivity contribution < 1.29 is 21.6 Å². The molecule has 2 aromatic rings. The van der Waals surface area contributed by atoms with Gasteiger partial charge in [-0.05, 0) is 23.9 Å². The molecule has 0 aliphatic carbocycles. The Morgan fingerprint density at radius 2 is 1.79 bits per heavy atom. The van der Waals surface area contributed by atoms with Crippen LogP contribution in [-0.4, -0.2) is 79.4 Å². The Morgan fingerprint density at radius 3 is 2.48 bits per heavy atom. The average Bonchev–Trinajstić information content (AvgIpc) is 3.29. The van der Waals surface area contributed by atoms with Gasteiger partial charge in [-0.1, -0.05) is 18.2 Å². The number of sulfone groups is 1. The molecule has 1 aromatic carbocycles. The van der Waals surface area contributed by atoms with Gasteiger partial charge in [0, 0.05) is 50.9 Å². The van der Waals surface area contributed by atoms with E-state index in [9.17, 15) is 21.6 Å². The first kappa shape index (κ1) is 20.4. The van der Waals surface area contributed by atoms with E-state index >= 15 is 0 Å². The number of carbonyl (C=O) groups is 1. The van der Waals surface area contributed by atoms with Gasteiger partial charge in [0.05, 0.1) is 16.8 Å². The fourth-order valence-electron chi connectivity index (χ4n) is 4.11. The summed E-state index contributed by atoms with van der Waals surface area (Å²) in [6.07, 6.45) is 2.49. The maximum atomic E-state index is 12.7. The quantitative estimate of drug-likeness (QED) is 0.683. The molecule has 29 heavy (non-hydrogen) atoms. The molecule has 0 spiro atoms. The van der Waals surface area contributed by atoms with Gasteiger partial charge in [-0.15, -0.1) is 0 Å². The van der Waals surface area contributed by atoms with Gasteiger partial charge in [-0.2, -0.15) is 4.31 Å². The first-order valence-corrected chi connectivity index (χ1v) is 13.1. The Bertz CT molecular complexity index is 1120. The summed E-state index contributed by atoms with van der Waals surface area (Å²) in [5.41, 5.74) is 1.09. The molecule has 8 nitrogen and oxygen atoms in total. The number of amides is 1. The van der Waals surface area contributed by atoms with Crippen LogP contribution >= 0.6 is 0 Å². The highest BCUT2D eigenvalue weighted by Gasteiger charge is 2.41. The summed E-state index contributed by atoms with van der Waals surface area (Å²) in [5.74, 6) is -0.355. The number of piperazine rings is 1. The summed E-state index contributed by atoms with van der Waals surface area (Å²) < 4.78 is 52.1. The summed E-state index contributed by atoms with van der Waals surface area (Å²) >= 11 is 0. The molecule has 4 rings (SSSR count). The summed E-state index contributed by atoms with van der Waals surface area (Å²) in [5, 5.41) is 0.282. The first-order chi connectivity index (χ1) is 13.8. The maximum absolute atomic E-state index is 12.7. The van der Waals surface area contributed by atoms with E-state index in [0.29, 0.717) is 26.1 Å². The predicted molar refractivity (Wildman–Crippen MR) is 111 cm³/mol. The number of rotatable bonds is 5. The van der Waals surface area contributed by atoms with E-state index in [0.717, 1.165) is 10.9 Å². The van der Waals surface area contributed by atoms with Gasteiger partial charge >= 0.3 is 0 Å². The molecule has 0 radical (unpaired) electrons. The molecule has 2 saturated heterocycles. The molecule has 0 saturated carbocycles. The second-order valence-electron chi connectivity index (χ2n) is 7.67. The van der Waals surface area contributed by atoms with Crippen LogP contribution < -0.4 is 0 Å². The molecule has 3 heterocycles. The van der Waals surface area contributed by atoms with Gasteiger partial charge in [0.1, 0.15) is 0 Å². The molecule has 1 amide bonds. The predicted octanol–water partition coefficient (Wildman–Crippen LogP) is 0.693. The van der Waals surface area contributed by atoms with Crippen molar-refractivity contribution in [1.29, 1.82) is 0 Å². The van der Waals surface area contributed by atoms with E-state index in [2.05, 4.69) is 4.57 Å².